The second-order valence-electron chi connectivity index (χ2n) is 8.34. The van der Waals surface area contributed by atoms with E-state index in [-0.39, 0.29) is 19.6 Å². The van der Waals surface area contributed by atoms with Gasteiger partial charge in [-0.25, -0.2) is 0 Å². The Morgan fingerprint density at radius 3 is 1.87 bits per heavy atom. The Bertz CT molecular complexity index is 1040. The molecular formula is C24H29BrCl2F6N4O2. The van der Waals surface area contributed by atoms with Crippen LogP contribution < -0.4 is 30.3 Å². The average Bonchev–Trinajstić information content (AvgIpc) is 2.91. The summed E-state index contributed by atoms with van der Waals surface area (Å²) in [5, 5.41) is 8.57. The topological polar surface area (TPSA) is 57.8 Å². The first kappa shape index (κ1) is 33.6. The number of benzene rings is 2. The van der Waals surface area contributed by atoms with E-state index in [0.29, 0.717) is 46.9 Å². The van der Waals surface area contributed by atoms with Crippen molar-refractivity contribution in [1.82, 2.24) is 16.0 Å². The SMILES string of the molecule is COc1cc(Br)ccc1Cl.COc1cc(N2CCNC(C(F)(F)F)C2)ccc1Cl.FC(F)(F)C1CNCCN1. The number of alkyl halides is 6. The zero-order valence-electron chi connectivity index (χ0n) is 21.0. The number of hydrogen-bond acceptors (Lipinski definition) is 6. The maximum absolute atomic E-state index is 12.7. The number of nitrogens with zero attached hydrogens (tertiary/aromatic N) is 1. The van der Waals surface area contributed by atoms with Crippen molar-refractivity contribution in [1.29, 1.82) is 0 Å². The molecule has 0 bridgehead atoms. The highest BCUT2D eigenvalue weighted by atomic mass is 79.9. The molecule has 2 saturated heterocycles. The van der Waals surface area contributed by atoms with Gasteiger partial charge >= 0.3 is 12.4 Å². The molecule has 0 aliphatic carbocycles. The number of nitrogens with one attached hydrogen (secondary N) is 3. The molecule has 6 nitrogen and oxygen atoms in total. The molecule has 2 aromatic rings. The van der Waals surface area contributed by atoms with Gasteiger partial charge < -0.3 is 30.3 Å². The predicted molar refractivity (Wildman–Crippen MR) is 144 cm³/mol. The second-order valence-corrected chi connectivity index (χ2v) is 10.1. The number of anilines is 1. The van der Waals surface area contributed by atoms with Gasteiger partial charge in [0.15, 0.2) is 0 Å². The van der Waals surface area contributed by atoms with Gasteiger partial charge in [-0.1, -0.05) is 39.1 Å². The molecule has 2 heterocycles. The van der Waals surface area contributed by atoms with Crippen LogP contribution in [0.5, 0.6) is 11.5 Å². The van der Waals surface area contributed by atoms with Gasteiger partial charge in [0, 0.05) is 55.5 Å². The van der Waals surface area contributed by atoms with Crippen LogP contribution in [0.2, 0.25) is 10.0 Å². The summed E-state index contributed by atoms with van der Waals surface area (Å²) in [6.45, 7) is 1.68. The van der Waals surface area contributed by atoms with Gasteiger partial charge in [0.05, 0.1) is 24.3 Å². The number of methoxy groups -OCH3 is 2. The zero-order chi connectivity index (χ0) is 29.2. The minimum Gasteiger partial charge on any atom is -0.495 e. The summed E-state index contributed by atoms with van der Waals surface area (Å²) < 4.78 is 84.6. The summed E-state index contributed by atoms with van der Waals surface area (Å²) in [7, 11) is 3.06. The maximum atomic E-state index is 12.7. The normalized spacial score (nSPS) is 19.7. The van der Waals surface area contributed by atoms with E-state index in [2.05, 4.69) is 31.9 Å². The van der Waals surface area contributed by atoms with Crippen molar-refractivity contribution >= 4 is 44.8 Å². The van der Waals surface area contributed by atoms with Crippen molar-refractivity contribution in [3.8, 4) is 11.5 Å². The van der Waals surface area contributed by atoms with E-state index < -0.39 is 24.4 Å². The van der Waals surface area contributed by atoms with E-state index in [1.807, 2.05) is 12.1 Å². The third kappa shape index (κ3) is 11.0. The molecule has 2 aliphatic rings. The number of piperazine rings is 2. The summed E-state index contributed by atoms with van der Waals surface area (Å²) in [6.07, 6.45) is -8.34. The van der Waals surface area contributed by atoms with E-state index in [1.165, 1.54) is 7.11 Å². The van der Waals surface area contributed by atoms with Crippen LogP contribution in [0.15, 0.2) is 40.9 Å². The van der Waals surface area contributed by atoms with Crippen molar-refractivity contribution in [3.63, 3.8) is 0 Å². The van der Waals surface area contributed by atoms with Crippen LogP contribution in [-0.4, -0.2) is 77.9 Å². The van der Waals surface area contributed by atoms with Crippen molar-refractivity contribution in [2.45, 2.75) is 24.4 Å². The molecule has 2 fully saturated rings. The molecule has 0 radical (unpaired) electrons. The Balaban J connectivity index is 0.000000225. The fraction of sp³-hybridized carbons (Fsp3) is 0.500. The molecule has 0 aromatic heterocycles. The molecule has 2 unspecified atom stereocenters. The Morgan fingerprint density at radius 1 is 0.821 bits per heavy atom. The number of ether oxygens (including phenoxy) is 2. The molecular weight excluding hydrogens is 641 g/mol. The fourth-order valence-corrected chi connectivity index (χ4v) is 4.30. The Morgan fingerprint density at radius 2 is 1.38 bits per heavy atom. The summed E-state index contributed by atoms with van der Waals surface area (Å²) in [5.41, 5.74) is 0.678. The number of rotatable bonds is 3. The summed E-state index contributed by atoms with van der Waals surface area (Å²) in [4.78, 5) is 1.67. The van der Waals surface area contributed by atoms with Crippen LogP contribution >= 0.6 is 39.1 Å². The van der Waals surface area contributed by atoms with Crippen LogP contribution in [0, 0.1) is 0 Å². The third-order valence-corrected chi connectivity index (χ3v) is 6.74. The largest absolute Gasteiger partial charge is 0.495 e. The molecule has 2 aliphatic heterocycles. The van der Waals surface area contributed by atoms with Gasteiger partial charge in [0.2, 0.25) is 0 Å². The maximum Gasteiger partial charge on any atom is 0.405 e. The number of hydrogen-bond donors (Lipinski definition) is 3. The Labute approximate surface area is 241 Å². The highest BCUT2D eigenvalue weighted by Crippen LogP contribution is 2.31. The van der Waals surface area contributed by atoms with E-state index in [0.717, 1.165) is 4.47 Å². The third-order valence-electron chi connectivity index (χ3n) is 5.62. The average molecular weight is 670 g/mol. The first-order chi connectivity index (χ1) is 18.3. The molecule has 2 aromatic carbocycles. The minimum atomic E-state index is -4.24. The van der Waals surface area contributed by atoms with Gasteiger partial charge in [-0.3, -0.25) is 0 Å². The lowest BCUT2D eigenvalue weighted by molar-refractivity contribution is -0.157. The van der Waals surface area contributed by atoms with E-state index in [4.69, 9.17) is 32.7 Å². The van der Waals surface area contributed by atoms with Crippen LogP contribution in [0.4, 0.5) is 32.0 Å². The van der Waals surface area contributed by atoms with Crippen LogP contribution in [0.25, 0.3) is 0 Å². The van der Waals surface area contributed by atoms with Gasteiger partial charge in [0.1, 0.15) is 23.6 Å². The predicted octanol–water partition coefficient (Wildman–Crippen LogP) is 5.91. The van der Waals surface area contributed by atoms with Crippen LogP contribution in [-0.2, 0) is 0 Å². The smallest absolute Gasteiger partial charge is 0.405 e. The summed E-state index contributed by atoms with van der Waals surface area (Å²) in [5.74, 6) is 1.15. The first-order valence-electron chi connectivity index (χ1n) is 11.6. The monoisotopic (exact) mass is 668 g/mol. The lowest BCUT2D eigenvalue weighted by atomic mass is 10.1. The highest BCUT2D eigenvalue weighted by molar-refractivity contribution is 9.10. The molecule has 15 heteroatoms. The minimum absolute atomic E-state index is 0.0104. The van der Waals surface area contributed by atoms with Crippen molar-refractivity contribution in [2.24, 2.45) is 0 Å². The van der Waals surface area contributed by atoms with Gasteiger partial charge in [-0.15, -0.1) is 0 Å². The van der Waals surface area contributed by atoms with Crippen LogP contribution in [0.3, 0.4) is 0 Å². The first-order valence-corrected chi connectivity index (χ1v) is 13.2. The summed E-state index contributed by atoms with van der Waals surface area (Å²) in [6, 6.07) is 7.58. The van der Waals surface area contributed by atoms with Gasteiger partial charge in [-0.05, 0) is 30.3 Å². The van der Waals surface area contributed by atoms with E-state index >= 15 is 0 Å². The molecule has 0 saturated carbocycles. The molecule has 2 atom stereocenters. The molecule has 39 heavy (non-hydrogen) atoms. The number of halogens is 9. The van der Waals surface area contributed by atoms with E-state index in [1.54, 1.807) is 36.3 Å². The molecule has 0 amide bonds. The lowest BCUT2D eigenvalue weighted by Crippen LogP contribution is -2.57. The zero-order valence-corrected chi connectivity index (χ0v) is 24.1. The second kappa shape index (κ2) is 15.4. The van der Waals surface area contributed by atoms with Gasteiger partial charge in [0.25, 0.3) is 0 Å². The summed E-state index contributed by atoms with van der Waals surface area (Å²) >= 11 is 14.9. The Kier molecular flexibility index (Phi) is 13.2. The molecule has 0 spiro atoms. The van der Waals surface area contributed by atoms with Crippen LogP contribution in [0.1, 0.15) is 0 Å². The highest BCUT2D eigenvalue weighted by Gasteiger charge is 2.42. The molecule has 4 rings (SSSR count). The van der Waals surface area contributed by atoms with Gasteiger partial charge in [-0.2, -0.15) is 26.3 Å². The van der Waals surface area contributed by atoms with Crippen molar-refractivity contribution in [2.75, 3.05) is 58.4 Å². The Hall–Kier alpha value is -1.64. The van der Waals surface area contributed by atoms with Crippen molar-refractivity contribution < 1.29 is 35.8 Å². The quantitative estimate of drug-likeness (QED) is 0.354. The lowest BCUT2D eigenvalue weighted by Gasteiger charge is -2.36. The standard InChI is InChI=1S/C12H14ClF3N2O.C7H6BrClO.C5H9F3N2/c1-19-10-6-8(2-3-9(10)13)18-5-4-17-11(7-18)12(14,15)16;1-10-7-4-5(8)2-3-6(7)9;6-5(7,8)4-3-9-1-2-10-4/h2-3,6,11,17H,4-5,7H2,1H3;2-4H,1H3;4,9-10H,1-3H2. The molecule has 3 N–H and O–H groups in total. The van der Waals surface area contributed by atoms with Crippen molar-refractivity contribution in [3.05, 3.63) is 50.9 Å². The van der Waals surface area contributed by atoms with E-state index in [9.17, 15) is 26.3 Å². The fourth-order valence-electron chi connectivity index (χ4n) is 3.57. The molecule has 220 valence electrons.